The number of nitrogens with zero attached hydrogens (tertiary/aromatic N) is 1. The van der Waals surface area contributed by atoms with Crippen molar-refractivity contribution in [1.29, 1.82) is 5.26 Å². The number of aryl methyl sites for hydroxylation is 1. The maximum atomic E-state index is 11.6. The van der Waals surface area contributed by atoms with Crippen LogP contribution in [-0.4, -0.2) is 25.2 Å². The maximum absolute atomic E-state index is 11.6. The van der Waals surface area contributed by atoms with Crippen molar-refractivity contribution in [2.45, 2.75) is 13.3 Å². The SMILES string of the molecule is Cc1cccc(NS(=O)(=O)CCC(=O)O)c1C#N. The van der Waals surface area contributed by atoms with E-state index < -0.39 is 28.2 Å². The van der Waals surface area contributed by atoms with E-state index in [-0.39, 0.29) is 11.3 Å². The van der Waals surface area contributed by atoms with Crippen LogP contribution in [0.5, 0.6) is 0 Å². The van der Waals surface area contributed by atoms with Crippen molar-refractivity contribution >= 4 is 21.7 Å². The molecule has 0 atom stereocenters. The van der Waals surface area contributed by atoms with Crippen LogP contribution in [0.25, 0.3) is 0 Å². The molecule has 0 saturated heterocycles. The molecule has 0 radical (unpaired) electrons. The molecule has 0 amide bonds. The summed E-state index contributed by atoms with van der Waals surface area (Å²) in [4.78, 5) is 10.3. The zero-order valence-electron chi connectivity index (χ0n) is 9.67. The van der Waals surface area contributed by atoms with Crippen molar-refractivity contribution in [3.8, 4) is 6.07 Å². The number of sulfonamides is 1. The van der Waals surface area contributed by atoms with Crippen molar-refractivity contribution < 1.29 is 18.3 Å². The molecule has 0 aromatic heterocycles. The van der Waals surface area contributed by atoms with Gasteiger partial charge in [-0.25, -0.2) is 8.42 Å². The van der Waals surface area contributed by atoms with E-state index in [0.717, 1.165) is 0 Å². The highest BCUT2D eigenvalue weighted by Gasteiger charge is 2.15. The quantitative estimate of drug-likeness (QED) is 0.831. The zero-order chi connectivity index (χ0) is 13.8. The monoisotopic (exact) mass is 268 g/mol. The van der Waals surface area contributed by atoms with E-state index in [9.17, 15) is 13.2 Å². The van der Waals surface area contributed by atoms with Gasteiger partial charge < -0.3 is 5.11 Å². The Hall–Kier alpha value is -2.07. The van der Waals surface area contributed by atoms with Crippen molar-refractivity contribution in [1.82, 2.24) is 0 Å². The number of anilines is 1. The van der Waals surface area contributed by atoms with Gasteiger partial charge in [-0.05, 0) is 18.6 Å². The van der Waals surface area contributed by atoms with Crippen molar-refractivity contribution in [2.24, 2.45) is 0 Å². The molecule has 0 saturated carbocycles. The van der Waals surface area contributed by atoms with Gasteiger partial charge in [-0.2, -0.15) is 5.26 Å². The number of carboxylic acids is 1. The second kappa shape index (κ2) is 5.51. The molecule has 0 fully saturated rings. The van der Waals surface area contributed by atoms with Crippen molar-refractivity contribution in [3.63, 3.8) is 0 Å². The lowest BCUT2D eigenvalue weighted by atomic mass is 10.1. The topological polar surface area (TPSA) is 107 Å². The number of nitriles is 1. The second-order valence-corrected chi connectivity index (χ2v) is 5.52. The summed E-state index contributed by atoms with van der Waals surface area (Å²) in [6.07, 6.45) is -0.483. The molecule has 96 valence electrons. The number of aliphatic carboxylic acids is 1. The van der Waals surface area contributed by atoms with E-state index in [2.05, 4.69) is 4.72 Å². The Bertz CT molecular complexity index is 602. The number of hydrogen-bond acceptors (Lipinski definition) is 4. The smallest absolute Gasteiger partial charge is 0.304 e. The molecule has 2 N–H and O–H groups in total. The highest BCUT2D eigenvalue weighted by Crippen LogP contribution is 2.19. The molecule has 0 heterocycles. The lowest BCUT2D eigenvalue weighted by Gasteiger charge is -2.09. The first-order valence-corrected chi connectivity index (χ1v) is 6.73. The summed E-state index contributed by atoms with van der Waals surface area (Å²) in [6.45, 7) is 1.69. The highest BCUT2D eigenvalue weighted by atomic mass is 32.2. The summed E-state index contributed by atoms with van der Waals surface area (Å²) >= 11 is 0. The predicted molar refractivity (Wildman–Crippen MR) is 65.6 cm³/mol. The minimum atomic E-state index is -3.76. The average molecular weight is 268 g/mol. The minimum Gasteiger partial charge on any atom is -0.481 e. The van der Waals surface area contributed by atoms with Gasteiger partial charge in [-0.1, -0.05) is 12.1 Å². The minimum absolute atomic E-state index is 0.169. The summed E-state index contributed by atoms with van der Waals surface area (Å²) in [7, 11) is -3.76. The summed E-state index contributed by atoms with van der Waals surface area (Å²) < 4.78 is 25.4. The van der Waals surface area contributed by atoms with E-state index in [1.54, 1.807) is 19.1 Å². The third-order valence-corrected chi connectivity index (χ3v) is 3.51. The van der Waals surface area contributed by atoms with Crippen LogP contribution in [0.4, 0.5) is 5.69 Å². The van der Waals surface area contributed by atoms with E-state index in [1.165, 1.54) is 6.07 Å². The number of benzene rings is 1. The summed E-state index contributed by atoms with van der Waals surface area (Å²) in [5.41, 5.74) is 1.05. The Morgan fingerprint density at radius 2 is 2.17 bits per heavy atom. The molecule has 0 unspecified atom stereocenters. The first-order valence-electron chi connectivity index (χ1n) is 5.08. The molecule has 18 heavy (non-hydrogen) atoms. The second-order valence-electron chi connectivity index (χ2n) is 3.67. The van der Waals surface area contributed by atoms with Gasteiger partial charge in [-0.15, -0.1) is 0 Å². The van der Waals surface area contributed by atoms with Gasteiger partial charge in [0.2, 0.25) is 10.0 Å². The van der Waals surface area contributed by atoms with Gasteiger partial charge >= 0.3 is 5.97 Å². The first-order chi connectivity index (χ1) is 8.35. The third kappa shape index (κ3) is 3.75. The Morgan fingerprint density at radius 3 is 2.72 bits per heavy atom. The summed E-state index contributed by atoms with van der Waals surface area (Å²) in [6, 6.07) is 6.67. The van der Waals surface area contributed by atoms with Crippen LogP contribution in [0.15, 0.2) is 18.2 Å². The van der Waals surface area contributed by atoms with Gasteiger partial charge in [0.05, 0.1) is 23.4 Å². The van der Waals surface area contributed by atoms with Crippen LogP contribution in [0, 0.1) is 18.3 Å². The van der Waals surface area contributed by atoms with Gasteiger partial charge in [0.25, 0.3) is 0 Å². The van der Waals surface area contributed by atoms with Gasteiger partial charge in [0.1, 0.15) is 6.07 Å². The van der Waals surface area contributed by atoms with Crippen LogP contribution in [0.1, 0.15) is 17.5 Å². The Labute approximate surface area is 105 Å². The fraction of sp³-hybridized carbons (Fsp3) is 0.273. The largest absolute Gasteiger partial charge is 0.481 e. The molecular formula is C11H12N2O4S. The fourth-order valence-electron chi connectivity index (χ4n) is 1.34. The number of nitrogens with one attached hydrogen (secondary N) is 1. The van der Waals surface area contributed by atoms with Crippen LogP contribution < -0.4 is 4.72 Å². The Kier molecular flexibility index (Phi) is 4.28. The Balaban J connectivity index is 2.95. The summed E-state index contributed by atoms with van der Waals surface area (Å²) in [5, 5.41) is 17.4. The molecule has 0 aliphatic carbocycles. The average Bonchev–Trinajstić information content (AvgIpc) is 2.26. The van der Waals surface area contributed by atoms with Crippen LogP contribution >= 0.6 is 0 Å². The standard InChI is InChI=1S/C11H12N2O4S/c1-8-3-2-4-10(9(8)7-12)13-18(16,17)6-5-11(14)15/h2-4,13H,5-6H2,1H3,(H,14,15). The summed E-state index contributed by atoms with van der Waals surface area (Å²) in [5.74, 6) is -1.72. The zero-order valence-corrected chi connectivity index (χ0v) is 10.5. The molecule has 1 aromatic rings. The van der Waals surface area contributed by atoms with E-state index in [0.29, 0.717) is 5.56 Å². The lowest BCUT2D eigenvalue weighted by Crippen LogP contribution is -2.19. The highest BCUT2D eigenvalue weighted by molar-refractivity contribution is 7.92. The van der Waals surface area contributed by atoms with Gasteiger partial charge in [0.15, 0.2) is 0 Å². The maximum Gasteiger partial charge on any atom is 0.304 e. The van der Waals surface area contributed by atoms with Crippen LogP contribution in [-0.2, 0) is 14.8 Å². The molecule has 0 bridgehead atoms. The molecule has 1 aromatic carbocycles. The molecular weight excluding hydrogens is 256 g/mol. The predicted octanol–water partition coefficient (Wildman–Crippen LogP) is 1.08. The molecule has 0 aliphatic rings. The van der Waals surface area contributed by atoms with Gasteiger partial charge in [-0.3, -0.25) is 9.52 Å². The van der Waals surface area contributed by atoms with Crippen molar-refractivity contribution in [3.05, 3.63) is 29.3 Å². The van der Waals surface area contributed by atoms with Crippen LogP contribution in [0.3, 0.4) is 0 Å². The molecule has 7 heteroatoms. The molecule has 0 aliphatic heterocycles. The first kappa shape index (κ1) is 14.0. The number of carbonyl (C=O) groups is 1. The normalized spacial score (nSPS) is 10.7. The molecule has 0 spiro atoms. The van der Waals surface area contributed by atoms with Gasteiger partial charge in [0, 0.05) is 0 Å². The number of carboxylic acid groups (broad SMARTS) is 1. The molecule has 6 nitrogen and oxygen atoms in total. The Morgan fingerprint density at radius 1 is 1.50 bits per heavy atom. The van der Waals surface area contributed by atoms with E-state index >= 15 is 0 Å². The lowest BCUT2D eigenvalue weighted by molar-refractivity contribution is -0.136. The van der Waals surface area contributed by atoms with Crippen molar-refractivity contribution in [2.75, 3.05) is 10.5 Å². The fourth-order valence-corrected chi connectivity index (χ4v) is 2.39. The third-order valence-electron chi connectivity index (χ3n) is 2.23. The van der Waals surface area contributed by atoms with Crippen LogP contribution in [0.2, 0.25) is 0 Å². The molecule has 1 rings (SSSR count). The number of rotatable bonds is 5. The van der Waals surface area contributed by atoms with E-state index in [1.807, 2.05) is 6.07 Å². The van der Waals surface area contributed by atoms with E-state index in [4.69, 9.17) is 10.4 Å². The number of hydrogen-bond donors (Lipinski definition) is 2.